The minimum absolute atomic E-state index is 0.571. The van der Waals surface area contributed by atoms with E-state index in [1.165, 1.54) is 6.42 Å². The molecule has 0 rings (SSSR count). The van der Waals surface area contributed by atoms with Crippen LogP contribution in [0.25, 0.3) is 0 Å². The summed E-state index contributed by atoms with van der Waals surface area (Å²) in [6.07, 6.45) is 1.17. The Kier molecular flexibility index (Phi) is 6.12. The number of nitrogens with one attached hydrogen (secondary N) is 2. The van der Waals surface area contributed by atoms with Gasteiger partial charge in [-0.1, -0.05) is 23.2 Å². The molecule has 3 atom stereocenters. The molecule has 2 N–H and O–H groups in total. The van der Waals surface area contributed by atoms with Gasteiger partial charge in [0.1, 0.15) is 0 Å². The maximum Gasteiger partial charge on any atom is 0.00852 e. The third-order valence-electron chi connectivity index (χ3n) is 1.61. The maximum atomic E-state index is 3.46. The largest absolute Gasteiger partial charge is 0.312 e. The number of hydrogen-bond donors (Lipinski definition) is 2. The van der Waals surface area contributed by atoms with Gasteiger partial charge in [-0.3, -0.25) is 5.09 Å². The first-order valence-electron chi connectivity index (χ1n) is 4.28. The molecule has 3 heteroatoms. The molecule has 0 aliphatic heterocycles. The molecule has 0 heterocycles. The molecule has 0 aliphatic carbocycles. The van der Waals surface area contributed by atoms with Crippen LogP contribution >= 0.6 is 9.39 Å². The van der Waals surface area contributed by atoms with Crippen LogP contribution in [0.3, 0.4) is 0 Å². The van der Waals surface area contributed by atoms with Gasteiger partial charge in [0.15, 0.2) is 0 Å². The molecular weight excluding hydrogens is 155 g/mol. The second-order valence-corrected chi connectivity index (χ2v) is 3.86. The maximum absolute atomic E-state index is 3.46. The lowest BCUT2D eigenvalue weighted by Gasteiger charge is -2.20. The second kappa shape index (κ2) is 5.93. The molecule has 0 bridgehead atoms. The van der Waals surface area contributed by atoms with Gasteiger partial charge < -0.3 is 5.32 Å². The first kappa shape index (κ1) is 11.4. The van der Waals surface area contributed by atoms with Gasteiger partial charge in [-0.2, -0.15) is 0 Å². The average molecular weight is 176 g/mol. The monoisotopic (exact) mass is 176 g/mol. The molecule has 0 saturated carbocycles. The van der Waals surface area contributed by atoms with E-state index in [0.29, 0.717) is 18.1 Å². The molecule has 0 aromatic rings. The van der Waals surface area contributed by atoms with Crippen LogP contribution in [0.2, 0.25) is 0 Å². The van der Waals surface area contributed by atoms with Crippen molar-refractivity contribution in [3.63, 3.8) is 0 Å². The Morgan fingerprint density at radius 3 is 2.00 bits per heavy atom. The van der Waals surface area contributed by atoms with Crippen molar-refractivity contribution in [2.45, 2.75) is 52.2 Å². The van der Waals surface area contributed by atoms with Crippen molar-refractivity contribution in [2.75, 3.05) is 0 Å². The minimum Gasteiger partial charge on any atom is -0.312 e. The Morgan fingerprint density at radius 1 is 1.09 bits per heavy atom. The van der Waals surface area contributed by atoms with Gasteiger partial charge in [0.25, 0.3) is 0 Å². The topological polar surface area (TPSA) is 24.1 Å². The third-order valence-corrected chi connectivity index (χ3v) is 2.18. The van der Waals surface area contributed by atoms with Crippen LogP contribution < -0.4 is 10.4 Å². The summed E-state index contributed by atoms with van der Waals surface area (Å²) < 4.78 is 0. The van der Waals surface area contributed by atoms with Crippen molar-refractivity contribution in [3.05, 3.63) is 0 Å². The van der Waals surface area contributed by atoms with Crippen molar-refractivity contribution >= 4 is 9.39 Å². The summed E-state index contributed by atoms with van der Waals surface area (Å²) in [6, 6.07) is 1.75. The van der Waals surface area contributed by atoms with E-state index in [0.717, 1.165) is 0 Å². The van der Waals surface area contributed by atoms with Crippen molar-refractivity contribution in [2.24, 2.45) is 0 Å². The van der Waals surface area contributed by atoms with Crippen molar-refractivity contribution in [1.82, 2.24) is 10.4 Å². The van der Waals surface area contributed by atoms with Gasteiger partial charge in [0.2, 0.25) is 0 Å². The zero-order valence-electron chi connectivity index (χ0n) is 8.02. The van der Waals surface area contributed by atoms with E-state index < -0.39 is 0 Å². The third kappa shape index (κ3) is 6.74. The van der Waals surface area contributed by atoms with Gasteiger partial charge >= 0.3 is 0 Å². The number of rotatable bonds is 5. The lowest BCUT2D eigenvalue weighted by atomic mass is 10.1. The summed E-state index contributed by atoms with van der Waals surface area (Å²) >= 11 is 0. The Bertz CT molecular complexity index is 96.1. The Hall–Kier alpha value is 0.350. The molecule has 0 aromatic carbocycles. The van der Waals surface area contributed by atoms with Crippen LogP contribution in [0.1, 0.15) is 34.1 Å². The van der Waals surface area contributed by atoms with E-state index in [9.17, 15) is 0 Å². The lowest BCUT2D eigenvalue weighted by Crippen LogP contribution is -2.36. The quantitative estimate of drug-likeness (QED) is 0.621. The molecule has 2 nitrogen and oxygen atoms in total. The van der Waals surface area contributed by atoms with E-state index in [2.05, 4.69) is 47.5 Å². The van der Waals surface area contributed by atoms with Crippen LogP contribution in [-0.4, -0.2) is 18.1 Å². The predicted molar refractivity (Wildman–Crippen MR) is 54.7 cm³/mol. The number of hydrogen-bond acceptors (Lipinski definition) is 2. The minimum atomic E-state index is 0.571. The summed E-state index contributed by atoms with van der Waals surface area (Å²) in [5.41, 5.74) is 0. The van der Waals surface area contributed by atoms with Gasteiger partial charge in [-0.25, -0.2) is 0 Å². The zero-order chi connectivity index (χ0) is 8.85. The normalized spacial score (nSPS) is 16.9. The first-order chi connectivity index (χ1) is 5.06. The van der Waals surface area contributed by atoms with Gasteiger partial charge in [-0.15, -0.1) is 0 Å². The molecule has 0 radical (unpaired) electrons. The zero-order valence-corrected chi connectivity index (χ0v) is 9.17. The Morgan fingerprint density at radius 2 is 1.64 bits per heavy atom. The molecule has 3 unspecified atom stereocenters. The fourth-order valence-corrected chi connectivity index (χ4v) is 1.37. The molecule has 0 spiro atoms. The molecule has 0 aliphatic rings. The molecule has 11 heavy (non-hydrogen) atoms. The van der Waals surface area contributed by atoms with Gasteiger partial charge in [0, 0.05) is 18.1 Å². The SMILES string of the molecule is CC(C)NC(C)CC(C)NP. The summed E-state index contributed by atoms with van der Waals surface area (Å²) in [5, 5.41) is 6.60. The summed E-state index contributed by atoms with van der Waals surface area (Å²) in [6.45, 7) is 8.76. The van der Waals surface area contributed by atoms with E-state index in [-0.39, 0.29) is 0 Å². The fraction of sp³-hybridized carbons (Fsp3) is 1.00. The van der Waals surface area contributed by atoms with Crippen LogP contribution in [0.5, 0.6) is 0 Å². The van der Waals surface area contributed by atoms with Crippen LogP contribution in [0, 0.1) is 0 Å². The van der Waals surface area contributed by atoms with E-state index in [1.807, 2.05) is 0 Å². The summed E-state index contributed by atoms with van der Waals surface area (Å²) in [4.78, 5) is 0. The lowest BCUT2D eigenvalue weighted by molar-refractivity contribution is 0.432. The Balaban J connectivity index is 3.43. The van der Waals surface area contributed by atoms with Crippen molar-refractivity contribution in [1.29, 1.82) is 0 Å². The van der Waals surface area contributed by atoms with Crippen LogP contribution in [-0.2, 0) is 0 Å². The summed E-state index contributed by atoms with van der Waals surface area (Å²) in [7, 11) is 2.55. The summed E-state index contributed by atoms with van der Waals surface area (Å²) in [5.74, 6) is 0. The highest BCUT2D eigenvalue weighted by Crippen LogP contribution is 1.99. The first-order valence-corrected chi connectivity index (χ1v) is 4.86. The molecular formula is C8H21N2P. The van der Waals surface area contributed by atoms with E-state index in [4.69, 9.17) is 0 Å². The predicted octanol–water partition coefficient (Wildman–Crippen LogP) is 1.53. The van der Waals surface area contributed by atoms with Crippen molar-refractivity contribution in [3.8, 4) is 0 Å². The van der Waals surface area contributed by atoms with Crippen LogP contribution in [0.15, 0.2) is 0 Å². The second-order valence-electron chi connectivity index (χ2n) is 3.53. The van der Waals surface area contributed by atoms with Gasteiger partial charge in [0.05, 0.1) is 0 Å². The standard InChI is InChI=1S/C8H21N2P/c1-6(2)9-7(3)5-8(4)10-11/h6-10H,5,11H2,1-4H3. The smallest absolute Gasteiger partial charge is 0.00852 e. The molecule has 0 saturated heterocycles. The molecule has 0 fully saturated rings. The van der Waals surface area contributed by atoms with Crippen molar-refractivity contribution < 1.29 is 0 Å². The fourth-order valence-electron chi connectivity index (χ4n) is 1.24. The highest BCUT2D eigenvalue weighted by Gasteiger charge is 2.06. The average Bonchev–Trinajstić information content (AvgIpc) is 1.85. The van der Waals surface area contributed by atoms with E-state index >= 15 is 0 Å². The van der Waals surface area contributed by atoms with Crippen LogP contribution in [0.4, 0.5) is 0 Å². The molecule has 68 valence electrons. The molecule has 0 aromatic heterocycles. The highest BCUT2D eigenvalue weighted by molar-refractivity contribution is 7.13. The van der Waals surface area contributed by atoms with Gasteiger partial charge in [-0.05, 0) is 20.3 Å². The highest BCUT2D eigenvalue weighted by atomic mass is 31.0. The van der Waals surface area contributed by atoms with E-state index in [1.54, 1.807) is 0 Å². The molecule has 0 amide bonds. The Labute approximate surface area is 72.8 Å².